The van der Waals surface area contributed by atoms with Crippen molar-refractivity contribution in [1.29, 1.82) is 0 Å². The van der Waals surface area contributed by atoms with E-state index in [4.69, 9.17) is 16.3 Å². The van der Waals surface area contributed by atoms with Crippen LogP contribution in [0, 0.1) is 16.7 Å². The second kappa shape index (κ2) is 6.34. The summed E-state index contributed by atoms with van der Waals surface area (Å²) in [6, 6.07) is 0. The zero-order chi connectivity index (χ0) is 15.6. The van der Waals surface area contributed by atoms with Crippen LogP contribution in [0.2, 0.25) is 0 Å². The summed E-state index contributed by atoms with van der Waals surface area (Å²) in [4.78, 5) is 11.3. The van der Waals surface area contributed by atoms with Gasteiger partial charge in [0, 0.05) is 5.41 Å². The Labute approximate surface area is 128 Å². The molecule has 0 saturated carbocycles. The summed E-state index contributed by atoms with van der Waals surface area (Å²) >= 11 is 5.48. The number of rotatable bonds is 5. The van der Waals surface area contributed by atoms with Gasteiger partial charge in [-0.3, -0.25) is 4.79 Å². The molecule has 0 saturated heterocycles. The van der Waals surface area contributed by atoms with Gasteiger partial charge in [0.15, 0.2) is 0 Å². The lowest BCUT2D eigenvalue weighted by molar-refractivity contribution is -0.149. The third-order valence-electron chi connectivity index (χ3n) is 4.84. The molecule has 0 aromatic carbocycles. The average Bonchev–Trinajstić information content (AvgIpc) is 2.61. The maximum Gasteiger partial charge on any atom is 0.321 e. The van der Waals surface area contributed by atoms with Gasteiger partial charge in [0.1, 0.15) is 12.0 Å². The van der Waals surface area contributed by atoms with E-state index in [-0.39, 0.29) is 28.8 Å². The molecule has 0 N–H and O–H groups in total. The Balaban J connectivity index is 2.71. The van der Waals surface area contributed by atoms with Gasteiger partial charge < -0.3 is 4.74 Å². The normalized spacial score (nSPS) is 23.8. The smallest absolute Gasteiger partial charge is 0.321 e. The van der Waals surface area contributed by atoms with Crippen LogP contribution in [0.15, 0.2) is 23.8 Å². The van der Waals surface area contributed by atoms with E-state index >= 15 is 0 Å². The number of alkyl halides is 1. The minimum atomic E-state index is -0.362. The highest BCUT2D eigenvalue weighted by atomic mass is 35.5. The van der Waals surface area contributed by atoms with E-state index in [1.165, 1.54) is 5.57 Å². The van der Waals surface area contributed by atoms with E-state index < -0.39 is 0 Å². The van der Waals surface area contributed by atoms with Crippen LogP contribution >= 0.6 is 11.6 Å². The Morgan fingerprint density at radius 3 is 2.65 bits per heavy atom. The van der Waals surface area contributed by atoms with Crippen LogP contribution in [0.25, 0.3) is 0 Å². The number of carbonyl (C=O) groups excluding carboxylic acids is 1. The Kier molecular flexibility index (Phi) is 5.48. The van der Waals surface area contributed by atoms with Gasteiger partial charge in [0.25, 0.3) is 0 Å². The lowest BCUT2D eigenvalue weighted by atomic mass is 9.76. The van der Waals surface area contributed by atoms with Gasteiger partial charge >= 0.3 is 5.97 Å². The van der Waals surface area contributed by atoms with Gasteiger partial charge in [-0.05, 0) is 31.6 Å². The number of esters is 1. The predicted octanol–water partition coefficient (Wildman–Crippen LogP) is 4.73. The first-order chi connectivity index (χ1) is 9.11. The van der Waals surface area contributed by atoms with E-state index in [0.717, 1.165) is 6.42 Å². The number of carbonyl (C=O) groups is 1. The summed E-state index contributed by atoms with van der Waals surface area (Å²) in [6.45, 7) is 12.8. The van der Waals surface area contributed by atoms with Crippen molar-refractivity contribution in [2.24, 2.45) is 16.7 Å². The molecule has 0 fully saturated rings. The van der Waals surface area contributed by atoms with Crippen molar-refractivity contribution in [3.63, 3.8) is 0 Å². The summed E-state index contributed by atoms with van der Waals surface area (Å²) in [5.74, 6) is 0.0557. The van der Waals surface area contributed by atoms with Gasteiger partial charge in [-0.15, -0.1) is 11.6 Å². The predicted molar refractivity (Wildman–Crippen MR) is 84.8 cm³/mol. The molecule has 0 aromatic heterocycles. The van der Waals surface area contributed by atoms with E-state index in [2.05, 4.69) is 52.8 Å². The molecule has 1 aliphatic carbocycles. The minimum Gasteiger partial charge on any atom is -0.461 e. The molecule has 1 rings (SSSR count). The molecule has 0 amide bonds. The molecule has 1 aliphatic rings. The highest BCUT2D eigenvalue weighted by molar-refractivity contribution is 6.26. The van der Waals surface area contributed by atoms with Crippen molar-refractivity contribution < 1.29 is 9.53 Å². The van der Waals surface area contributed by atoms with Crippen LogP contribution in [-0.2, 0) is 9.53 Å². The van der Waals surface area contributed by atoms with Crippen molar-refractivity contribution in [2.75, 3.05) is 5.88 Å². The third-order valence-corrected chi connectivity index (χ3v) is 5.06. The number of allylic oxidation sites excluding steroid dienone is 3. The van der Waals surface area contributed by atoms with Crippen LogP contribution in [0.3, 0.4) is 0 Å². The Morgan fingerprint density at radius 2 is 2.20 bits per heavy atom. The molecule has 0 aliphatic heterocycles. The van der Waals surface area contributed by atoms with E-state index in [1.54, 1.807) is 0 Å². The fourth-order valence-electron chi connectivity index (χ4n) is 2.35. The summed E-state index contributed by atoms with van der Waals surface area (Å²) in [6.07, 6.45) is 7.67. The lowest BCUT2D eigenvalue weighted by Crippen LogP contribution is -2.30. The minimum absolute atomic E-state index is 0.0943. The Morgan fingerprint density at radius 1 is 1.60 bits per heavy atom. The number of hydrogen-bond donors (Lipinski definition) is 0. The number of halogens is 1. The first-order valence-corrected chi connectivity index (χ1v) is 7.76. The largest absolute Gasteiger partial charge is 0.461 e. The van der Waals surface area contributed by atoms with Crippen molar-refractivity contribution >= 4 is 17.6 Å². The highest BCUT2D eigenvalue weighted by Gasteiger charge is 2.34. The van der Waals surface area contributed by atoms with E-state index in [9.17, 15) is 4.79 Å². The molecule has 0 aromatic rings. The number of hydrogen-bond acceptors (Lipinski definition) is 2. The first kappa shape index (κ1) is 17.3. The molecule has 2 nitrogen and oxygen atoms in total. The molecule has 114 valence electrons. The van der Waals surface area contributed by atoms with Crippen LogP contribution in [-0.4, -0.2) is 18.0 Å². The van der Waals surface area contributed by atoms with Crippen LogP contribution in [0.4, 0.5) is 0 Å². The van der Waals surface area contributed by atoms with Gasteiger partial charge in [-0.1, -0.05) is 51.5 Å². The van der Waals surface area contributed by atoms with Gasteiger partial charge in [-0.25, -0.2) is 0 Å². The summed E-state index contributed by atoms with van der Waals surface area (Å²) < 4.78 is 5.32. The number of ether oxygens (including phenoxy) is 1. The van der Waals surface area contributed by atoms with E-state index in [0.29, 0.717) is 5.92 Å². The molecule has 3 heteroatoms. The molecule has 20 heavy (non-hydrogen) atoms. The van der Waals surface area contributed by atoms with Gasteiger partial charge in [-0.2, -0.15) is 0 Å². The SMILES string of the molecule is CC1=CC[C@@H](C=CC(C)(C)[C@H](C)OC(=O)CCl)C1(C)C. The fraction of sp³-hybridized carbons (Fsp3) is 0.706. The highest BCUT2D eigenvalue weighted by Crippen LogP contribution is 2.44. The zero-order valence-electron chi connectivity index (χ0n) is 13.5. The van der Waals surface area contributed by atoms with Gasteiger partial charge in [0.05, 0.1) is 0 Å². The van der Waals surface area contributed by atoms with E-state index in [1.807, 2.05) is 6.92 Å². The standard InChI is InChI=1S/C17H27ClO2/c1-12-7-8-14(17(12,5)6)9-10-16(3,4)13(2)20-15(19)11-18/h7,9-10,13-14H,8,11H2,1-6H3/t13-,14-/m0/s1. The molecule has 2 atom stereocenters. The Bertz CT molecular complexity index is 419. The van der Waals surface area contributed by atoms with Crippen molar-refractivity contribution in [3.05, 3.63) is 23.8 Å². The molecular formula is C17H27ClO2. The summed E-state index contributed by atoms with van der Waals surface area (Å²) in [5, 5.41) is 0. The van der Waals surface area contributed by atoms with Crippen molar-refractivity contribution in [3.8, 4) is 0 Å². The maximum atomic E-state index is 11.3. The van der Waals surface area contributed by atoms with Crippen LogP contribution in [0.1, 0.15) is 48.0 Å². The topological polar surface area (TPSA) is 26.3 Å². The zero-order valence-corrected chi connectivity index (χ0v) is 14.3. The van der Waals surface area contributed by atoms with Crippen molar-refractivity contribution in [2.45, 2.75) is 54.1 Å². The Hall–Kier alpha value is -0.760. The summed E-state index contributed by atoms with van der Waals surface area (Å²) in [7, 11) is 0. The molecule has 0 bridgehead atoms. The first-order valence-electron chi connectivity index (χ1n) is 7.23. The molecule has 0 radical (unpaired) electrons. The molecule has 0 unspecified atom stereocenters. The molecule has 0 spiro atoms. The summed E-state index contributed by atoms with van der Waals surface area (Å²) in [5.41, 5.74) is 1.46. The third kappa shape index (κ3) is 3.88. The second-order valence-corrected chi connectivity index (χ2v) is 7.16. The molecule has 0 heterocycles. The van der Waals surface area contributed by atoms with Crippen molar-refractivity contribution in [1.82, 2.24) is 0 Å². The van der Waals surface area contributed by atoms with Crippen LogP contribution < -0.4 is 0 Å². The maximum absolute atomic E-state index is 11.3. The van der Waals surface area contributed by atoms with Gasteiger partial charge in [0.2, 0.25) is 0 Å². The molecular weight excluding hydrogens is 272 g/mol. The fourth-order valence-corrected chi connectivity index (χ4v) is 2.42. The monoisotopic (exact) mass is 298 g/mol. The quantitative estimate of drug-likeness (QED) is 0.416. The van der Waals surface area contributed by atoms with Crippen LogP contribution in [0.5, 0.6) is 0 Å². The lowest BCUT2D eigenvalue weighted by Gasteiger charge is -2.31. The second-order valence-electron chi connectivity index (χ2n) is 6.90. The average molecular weight is 299 g/mol.